The van der Waals surface area contributed by atoms with Gasteiger partial charge in [-0.15, -0.1) is 0 Å². The molecule has 0 spiro atoms. The number of para-hydroxylation sites is 2. The van der Waals surface area contributed by atoms with Crippen molar-refractivity contribution in [1.82, 2.24) is 14.9 Å². The van der Waals surface area contributed by atoms with Gasteiger partial charge in [-0.1, -0.05) is 49.9 Å². The average molecular weight is 281 g/mol. The highest BCUT2D eigenvalue weighted by Gasteiger charge is 2.08. The van der Waals surface area contributed by atoms with Gasteiger partial charge in [-0.05, 0) is 24.1 Å². The van der Waals surface area contributed by atoms with Gasteiger partial charge in [0.2, 0.25) is 0 Å². The van der Waals surface area contributed by atoms with Crippen molar-refractivity contribution in [2.75, 3.05) is 6.54 Å². The molecule has 0 aliphatic rings. The number of rotatable bonds is 3. The zero-order valence-corrected chi connectivity index (χ0v) is 11.0. The number of fused-ring (bicyclic) bond motifs is 1. The molecule has 3 aromatic rings. The van der Waals surface area contributed by atoms with Crippen molar-refractivity contribution in [3.63, 3.8) is 0 Å². The number of nitrogens with zero attached hydrogens (tertiary/aromatic N) is 2. The highest BCUT2D eigenvalue weighted by molar-refractivity contribution is 5.88. The third-order valence-corrected chi connectivity index (χ3v) is 3.21. The predicted octanol–water partition coefficient (Wildman–Crippen LogP) is 3.47. The van der Waals surface area contributed by atoms with E-state index in [1.165, 1.54) is 5.56 Å². The van der Waals surface area contributed by atoms with Crippen molar-refractivity contribution in [2.24, 2.45) is 0 Å². The number of hydrogen-bond donors (Lipinski definition) is 1. The number of amides is 1. The minimum absolute atomic E-state index is 0. The quantitative estimate of drug-likeness (QED) is 0.799. The molecule has 0 bridgehead atoms. The first kappa shape index (κ1) is 14.8. The van der Waals surface area contributed by atoms with Gasteiger partial charge in [-0.3, -0.25) is 4.57 Å². The van der Waals surface area contributed by atoms with Crippen molar-refractivity contribution < 1.29 is 4.79 Å². The zero-order valence-electron chi connectivity index (χ0n) is 11.0. The number of carbonyl (C=O) groups excluding carboxylic acids is 1. The summed E-state index contributed by atoms with van der Waals surface area (Å²) in [6.45, 7) is 0.607. The van der Waals surface area contributed by atoms with E-state index in [1.54, 1.807) is 10.9 Å². The fraction of sp³-hybridized carbons (Fsp3) is 0.176. The van der Waals surface area contributed by atoms with Crippen molar-refractivity contribution in [3.8, 4) is 0 Å². The first-order valence-corrected chi connectivity index (χ1v) is 6.59. The molecule has 4 heteroatoms. The number of carbonyl (C=O) groups is 1. The SMILES string of the molecule is C.O=C(NCCc1ccccc1)n1cnc2ccccc21. The van der Waals surface area contributed by atoms with E-state index in [-0.39, 0.29) is 13.5 Å². The van der Waals surface area contributed by atoms with E-state index in [9.17, 15) is 4.79 Å². The molecule has 0 atom stereocenters. The summed E-state index contributed by atoms with van der Waals surface area (Å²) in [6.07, 6.45) is 2.38. The molecule has 1 heterocycles. The monoisotopic (exact) mass is 281 g/mol. The Morgan fingerprint density at radius 1 is 1.05 bits per heavy atom. The van der Waals surface area contributed by atoms with Gasteiger partial charge in [0.05, 0.1) is 11.0 Å². The molecule has 1 N–H and O–H groups in total. The molecule has 4 nitrogen and oxygen atoms in total. The Labute approximate surface area is 124 Å². The van der Waals surface area contributed by atoms with Crippen molar-refractivity contribution in [2.45, 2.75) is 13.8 Å². The van der Waals surface area contributed by atoms with Gasteiger partial charge in [-0.2, -0.15) is 0 Å². The van der Waals surface area contributed by atoms with Crippen LogP contribution in [-0.2, 0) is 6.42 Å². The van der Waals surface area contributed by atoms with E-state index in [2.05, 4.69) is 22.4 Å². The molecule has 1 aromatic heterocycles. The van der Waals surface area contributed by atoms with Crippen LogP contribution in [0.4, 0.5) is 4.79 Å². The summed E-state index contributed by atoms with van der Waals surface area (Å²) in [6, 6.07) is 17.5. The lowest BCUT2D eigenvalue weighted by atomic mass is 10.1. The summed E-state index contributed by atoms with van der Waals surface area (Å²) in [5, 5.41) is 2.91. The number of hydrogen-bond acceptors (Lipinski definition) is 2. The number of nitrogens with one attached hydrogen (secondary N) is 1. The molecule has 2 aromatic carbocycles. The molecule has 3 rings (SSSR count). The lowest BCUT2D eigenvalue weighted by Gasteiger charge is -2.06. The topological polar surface area (TPSA) is 46.9 Å². The Bertz CT molecular complexity index is 719. The lowest BCUT2D eigenvalue weighted by molar-refractivity contribution is 0.243. The first-order chi connectivity index (χ1) is 9.84. The van der Waals surface area contributed by atoms with Gasteiger partial charge in [0.15, 0.2) is 0 Å². The standard InChI is InChI=1S/C16H15N3O.CH4/c20-16(17-11-10-13-6-2-1-3-7-13)19-12-18-14-8-4-5-9-15(14)19;/h1-9,12H,10-11H2,(H,17,20);1H4. The Hall–Kier alpha value is -2.62. The van der Waals surface area contributed by atoms with E-state index in [0.29, 0.717) is 6.54 Å². The van der Waals surface area contributed by atoms with Crippen LogP contribution < -0.4 is 5.32 Å². The van der Waals surface area contributed by atoms with Crippen LogP contribution in [-0.4, -0.2) is 22.1 Å². The third-order valence-electron chi connectivity index (χ3n) is 3.21. The molecule has 0 aliphatic heterocycles. The summed E-state index contributed by atoms with van der Waals surface area (Å²) < 4.78 is 1.54. The number of benzene rings is 2. The lowest BCUT2D eigenvalue weighted by Crippen LogP contribution is -2.29. The van der Waals surface area contributed by atoms with Crippen molar-refractivity contribution in [1.29, 1.82) is 0 Å². The van der Waals surface area contributed by atoms with Crippen molar-refractivity contribution >= 4 is 17.1 Å². The van der Waals surface area contributed by atoms with Gasteiger partial charge in [0, 0.05) is 6.54 Å². The minimum atomic E-state index is -0.144. The van der Waals surface area contributed by atoms with Crippen LogP contribution in [0.15, 0.2) is 60.9 Å². The normalized spacial score (nSPS) is 10.1. The van der Waals surface area contributed by atoms with Gasteiger partial charge in [-0.25, -0.2) is 9.78 Å². The van der Waals surface area contributed by atoms with E-state index < -0.39 is 0 Å². The molecule has 0 saturated carbocycles. The van der Waals surface area contributed by atoms with Crippen LogP contribution in [0, 0.1) is 0 Å². The van der Waals surface area contributed by atoms with Crippen LogP contribution in [0.2, 0.25) is 0 Å². The molecule has 1 amide bonds. The number of aromatic nitrogens is 2. The molecule has 21 heavy (non-hydrogen) atoms. The van der Waals surface area contributed by atoms with Crippen LogP contribution in [0.1, 0.15) is 13.0 Å². The highest BCUT2D eigenvalue weighted by Crippen LogP contribution is 2.11. The Kier molecular flexibility index (Phi) is 4.72. The third kappa shape index (κ3) is 3.28. The molecular formula is C17H19N3O. The maximum Gasteiger partial charge on any atom is 0.327 e. The molecule has 0 radical (unpaired) electrons. The summed E-state index contributed by atoms with van der Waals surface area (Å²) in [7, 11) is 0. The fourth-order valence-corrected chi connectivity index (χ4v) is 2.16. The summed E-state index contributed by atoms with van der Waals surface area (Å²) in [4.78, 5) is 16.3. The van der Waals surface area contributed by atoms with E-state index in [1.807, 2.05) is 42.5 Å². The Morgan fingerprint density at radius 2 is 1.76 bits per heavy atom. The Morgan fingerprint density at radius 3 is 2.57 bits per heavy atom. The molecule has 0 saturated heterocycles. The molecule has 0 fully saturated rings. The molecular weight excluding hydrogens is 262 g/mol. The van der Waals surface area contributed by atoms with Crippen LogP contribution in [0.3, 0.4) is 0 Å². The van der Waals surface area contributed by atoms with E-state index in [0.717, 1.165) is 17.5 Å². The highest BCUT2D eigenvalue weighted by atomic mass is 16.2. The fourth-order valence-electron chi connectivity index (χ4n) is 2.16. The van der Waals surface area contributed by atoms with Gasteiger partial charge in [0.25, 0.3) is 0 Å². The summed E-state index contributed by atoms with van der Waals surface area (Å²) in [5.41, 5.74) is 2.86. The molecule has 0 aliphatic carbocycles. The summed E-state index contributed by atoms with van der Waals surface area (Å²) in [5.74, 6) is 0. The summed E-state index contributed by atoms with van der Waals surface area (Å²) >= 11 is 0. The zero-order chi connectivity index (χ0) is 13.8. The number of imidazole rings is 1. The van der Waals surface area contributed by atoms with Gasteiger partial charge in [0.1, 0.15) is 6.33 Å². The Balaban J connectivity index is 0.00000161. The van der Waals surface area contributed by atoms with E-state index >= 15 is 0 Å². The maximum absolute atomic E-state index is 12.1. The first-order valence-electron chi connectivity index (χ1n) is 6.59. The predicted molar refractivity (Wildman–Crippen MR) is 85.4 cm³/mol. The van der Waals surface area contributed by atoms with Crippen LogP contribution in [0.25, 0.3) is 11.0 Å². The smallest absolute Gasteiger partial charge is 0.327 e. The van der Waals surface area contributed by atoms with Crippen LogP contribution >= 0.6 is 0 Å². The minimum Gasteiger partial charge on any atom is -0.337 e. The van der Waals surface area contributed by atoms with Crippen molar-refractivity contribution in [3.05, 3.63) is 66.5 Å². The molecule has 108 valence electrons. The van der Waals surface area contributed by atoms with Gasteiger partial charge >= 0.3 is 6.03 Å². The second-order valence-corrected chi connectivity index (χ2v) is 4.57. The second kappa shape index (κ2) is 6.70. The van der Waals surface area contributed by atoms with E-state index in [4.69, 9.17) is 0 Å². The maximum atomic E-state index is 12.1. The second-order valence-electron chi connectivity index (χ2n) is 4.57. The molecule has 0 unspecified atom stereocenters. The average Bonchev–Trinajstić information content (AvgIpc) is 2.92. The largest absolute Gasteiger partial charge is 0.337 e. The van der Waals surface area contributed by atoms with Gasteiger partial charge < -0.3 is 5.32 Å². The van der Waals surface area contributed by atoms with Crippen LogP contribution in [0.5, 0.6) is 0 Å².